The summed E-state index contributed by atoms with van der Waals surface area (Å²) in [6, 6.07) is 9.22. The second-order valence-electron chi connectivity index (χ2n) is 8.76. The van der Waals surface area contributed by atoms with Crippen molar-refractivity contribution in [2.45, 2.75) is 25.8 Å². The molecule has 0 saturated carbocycles. The minimum Gasteiger partial charge on any atom is -0.497 e. The maximum Gasteiger partial charge on any atom is 0.327 e. The van der Waals surface area contributed by atoms with Crippen LogP contribution in [0.3, 0.4) is 0 Å². The Kier molecular flexibility index (Phi) is 5.40. The summed E-state index contributed by atoms with van der Waals surface area (Å²) in [6.45, 7) is 2.70. The van der Waals surface area contributed by atoms with Gasteiger partial charge in [0.05, 0.1) is 37.8 Å². The Morgan fingerprint density at radius 3 is 2.81 bits per heavy atom. The number of aromatic hydroxyl groups is 1. The number of aromatic amines is 1. The van der Waals surface area contributed by atoms with E-state index in [0.29, 0.717) is 64.5 Å². The van der Waals surface area contributed by atoms with E-state index in [0.717, 1.165) is 17.1 Å². The summed E-state index contributed by atoms with van der Waals surface area (Å²) in [7, 11) is 3.16. The SMILES string of the molecule is CCn1c(=O)[nH]c2ncnc(-c3cc(OC)c4nc(C5COc6ccc(OC)cc6C5)nc(O)c4c3)c21. The van der Waals surface area contributed by atoms with Gasteiger partial charge in [-0.2, -0.15) is 4.98 Å². The summed E-state index contributed by atoms with van der Waals surface area (Å²) in [5.74, 6) is 2.10. The number of hydrogen-bond donors (Lipinski definition) is 2. The number of fused-ring (bicyclic) bond motifs is 3. The lowest BCUT2D eigenvalue weighted by Gasteiger charge is -2.25. The molecule has 11 nitrogen and oxygen atoms in total. The Morgan fingerprint density at radius 1 is 1.16 bits per heavy atom. The number of benzene rings is 2. The predicted octanol–water partition coefficient (Wildman–Crippen LogP) is 3.19. The van der Waals surface area contributed by atoms with E-state index in [2.05, 4.69) is 19.9 Å². The third-order valence-electron chi connectivity index (χ3n) is 6.67. The lowest BCUT2D eigenvalue weighted by molar-refractivity contribution is 0.256. The highest BCUT2D eigenvalue weighted by molar-refractivity contribution is 5.96. The molecule has 0 saturated heterocycles. The molecule has 11 heteroatoms. The van der Waals surface area contributed by atoms with Crippen molar-refractivity contribution in [3.05, 3.63) is 58.5 Å². The van der Waals surface area contributed by atoms with E-state index in [-0.39, 0.29) is 17.5 Å². The topological polar surface area (TPSA) is 137 Å². The van der Waals surface area contributed by atoms with Gasteiger partial charge in [0.25, 0.3) is 0 Å². The summed E-state index contributed by atoms with van der Waals surface area (Å²) in [6.07, 6.45) is 2.03. The number of aromatic nitrogens is 6. The fourth-order valence-electron chi connectivity index (χ4n) is 4.85. The second kappa shape index (κ2) is 8.77. The van der Waals surface area contributed by atoms with Crippen LogP contribution in [-0.2, 0) is 13.0 Å². The van der Waals surface area contributed by atoms with Crippen molar-refractivity contribution in [3.63, 3.8) is 0 Å². The minimum absolute atomic E-state index is 0.167. The molecule has 1 unspecified atom stereocenters. The summed E-state index contributed by atoms with van der Waals surface area (Å²) >= 11 is 0. The molecule has 0 spiro atoms. The van der Waals surface area contributed by atoms with Crippen LogP contribution in [-0.4, -0.2) is 55.4 Å². The Hall–Kier alpha value is -4.67. The van der Waals surface area contributed by atoms with E-state index >= 15 is 0 Å². The molecule has 0 radical (unpaired) electrons. The number of nitrogens with zero attached hydrogens (tertiary/aromatic N) is 5. The summed E-state index contributed by atoms with van der Waals surface area (Å²) in [4.78, 5) is 33.0. The van der Waals surface area contributed by atoms with Crippen LogP contribution in [0.15, 0.2) is 41.5 Å². The second-order valence-corrected chi connectivity index (χ2v) is 8.76. The van der Waals surface area contributed by atoms with Crippen molar-refractivity contribution in [3.8, 4) is 34.4 Å². The molecule has 0 fully saturated rings. The van der Waals surface area contributed by atoms with Gasteiger partial charge in [-0.15, -0.1) is 0 Å². The van der Waals surface area contributed by atoms with Gasteiger partial charge in [-0.05, 0) is 49.2 Å². The number of methoxy groups -OCH3 is 2. The van der Waals surface area contributed by atoms with Crippen molar-refractivity contribution >= 4 is 22.1 Å². The van der Waals surface area contributed by atoms with Crippen molar-refractivity contribution in [2.24, 2.45) is 0 Å². The first-order valence-electron chi connectivity index (χ1n) is 11.8. The zero-order chi connectivity index (χ0) is 25.7. The Bertz CT molecular complexity index is 1730. The molecule has 5 aromatic rings. The molecule has 0 bridgehead atoms. The first-order chi connectivity index (χ1) is 18.0. The first-order valence-corrected chi connectivity index (χ1v) is 11.8. The average molecular weight is 501 g/mol. The molecule has 2 aromatic carbocycles. The molecule has 1 aliphatic rings. The van der Waals surface area contributed by atoms with Crippen molar-refractivity contribution < 1.29 is 19.3 Å². The average Bonchev–Trinajstić information content (AvgIpc) is 3.26. The molecular weight excluding hydrogens is 476 g/mol. The summed E-state index contributed by atoms with van der Waals surface area (Å²) in [5, 5.41) is 11.4. The van der Waals surface area contributed by atoms with Crippen molar-refractivity contribution in [2.75, 3.05) is 20.8 Å². The lowest BCUT2D eigenvalue weighted by Crippen LogP contribution is -2.21. The van der Waals surface area contributed by atoms with Gasteiger partial charge < -0.3 is 19.3 Å². The minimum atomic E-state index is -0.267. The number of H-pyrrole nitrogens is 1. The maximum atomic E-state index is 12.4. The molecule has 2 N–H and O–H groups in total. The van der Waals surface area contributed by atoms with Crippen molar-refractivity contribution in [1.82, 2.24) is 29.5 Å². The third kappa shape index (κ3) is 3.70. The van der Waals surface area contributed by atoms with Crippen LogP contribution in [0, 0.1) is 0 Å². The number of aryl methyl sites for hydroxylation is 1. The molecule has 4 heterocycles. The highest BCUT2D eigenvalue weighted by atomic mass is 16.5. The van der Waals surface area contributed by atoms with Crippen LogP contribution >= 0.6 is 0 Å². The Balaban J connectivity index is 1.46. The largest absolute Gasteiger partial charge is 0.497 e. The first kappa shape index (κ1) is 22.8. The number of nitrogens with one attached hydrogen (secondary N) is 1. The van der Waals surface area contributed by atoms with Gasteiger partial charge in [0.15, 0.2) is 5.65 Å². The van der Waals surface area contributed by atoms with Gasteiger partial charge >= 0.3 is 5.69 Å². The van der Waals surface area contributed by atoms with E-state index in [4.69, 9.17) is 19.2 Å². The number of imidazole rings is 1. The van der Waals surface area contributed by atoms with Crippen LogP contribution < -0.4 is 19.9 Å². The smallest absolute Gasteiger partial charge is 0.327 e. The fraction of sp³-hybridized carbons (Fsp3) is 0.269. The van der Waals surface area contributed by atoms with Gasteiger partial charge in [-0.1, -0.05) is 0 Å². The van der Waals surface area contributed by atoms with Crippen LogP contribution in [0.25, 0.3) is 33.3 Å². The molecule has 1 atom stereocenters. The monoisotopic (exact) mass is 500 g/mol. The number of rotatable bonds is 5. The molecule has 0 amide bonds. The summed E-state index contributed by atoms with van der Waals surface area (Å²) < 4.78 is 18.5. The number of ether oxygens (including phenoxy) is 3. The van der Waals surface area contributed by atoms with Gasteiger partial charge in [0.2, 0.25) is 5.88 Å². The molecule has 1 aliphatic heterocycles. The highest BCUT2D eigenvalue weighted by Gasteiger charge is 2.26. The van der Waals surface area contributed by atoms with Crippen LogP contribution in [0.5, 0.6) is 23.1 Å². The standard InChI is InChI=1S/C26H24N6O5/c1-4-32-22-20(27-12-28-24(22)31-26(32)34)14-9-17-21(19(10-14)36-3)29-23(30-25(17)33)15-7-13-8-16(35-2)5-6-18(13)37-11-15/h5-6,8-10,12,15H,4,7,11H2,1-3H3,(H,29,30,33)(H,27,28,31,34). The number of hydrogen-bond acceptors (Lipinski definition) is 9. The highest BCUT2D eigenvalue weighted by Crippen LogP contribution is 2.39. The molecule has 6 rings (SSSR count). The van der Waals surface area contributed by atoms with E-state index < -0.39 is 0 Å². The zero-order valence-electron chi connectivity index (χ0n) is 20.5. The van der Waals surface area contributed by atoms with Gasteiger partial charge in [-0.25, -0.2) is 19.7 Å². The normalized spacial score (nSPS) is 14.9. The van der Waals surface area contributed by atoms with Crippen LogP contribution in [0.1, 0.15) is 24.2 Å². The van der Waals surface area contributed by atoms with Gasteiger partial charge in [-0.3, -0.25) is 9.55 Å². The van der Waals surface area contributed by atoms with Crippen LogP contribution in [0.2, 0.25) is 0 Å². The summed E-state index contributed by atoms with van der Waals surface area (Å²) in [5.41, 5.74) is 3.35. The van der Waals surface area contributed by atoms with E-state index in [1.807, 2.05) is 25.1 Å². The molecule has 0 aliphatic carbocycles. The molecular formula is C26H24N6O5. The van der Waals surface area contributed by atoms with Crippen LogP contribution in [0.4, 0.5) is 0 Å². The fourth-order valence-corrected chi connectivity index (χ4v) is 4.85. The predicted molar refractivity (Wildman–Crippen MR) is 136 cm³/mol. The van der Waals surface area contributed by atoms with E-state index in [9.17, 15) is 9.90 Å². The molecule has 3 aromatic heterocycles. The van der Waals surface area contributed by atoms with Gasteiger partial charge in [0, 0.05) is 12.1 Å². The quantitative estimate of drug-likeness (QED) is 0.373. The molecule has 37 heavy (non-hydrogen) atoms. The van der Waals surface area contributed by atoms with E-state index in [1.54, 1.807) is 23.8 Å². The zero-order valence-corrected chi connectivity index (χ0v) is 20.5. The lowest BCUT2D eigenvalue weighted by atomic mass is 9.95. The Morgan fingerprint density at radius 2 is 2.03 bits per heavy atom. The molecule has 188 valence electrons. The maximum absolute atomic E-state index is 12.4. The van der Waals surface area contributed by atoms with E-state index in [1.165, 1.54) is 13.4 Å². The third-order valence-corrected chi connectivity index (χ3v) is 6.67. The van der Waals surface area contributed by atoms with Crippen molar-refractivity contribution in [1.29, 1.82) is 0 Å². The van der Waals surface area contributed by atoms with Gasteiger partial charge in [0.1, 0.15) is 40.4 Å². The Labute approximate surface area is 210 Å².